The van der Waals surface area contributed by atoms with Gasteiger partial charge in [0.15, 0.2) is 0 Å². The first kappa shape index (κ1) is 24.8. The van der Waals surface area contributed by atoms with Crippen LogP contribution < -0.4 is 0 Å². The zero-order valence-corrected chi connectivity index (χ0v) is 20.3. The van der Waals surface area contributed by atoms with Crippen LogP contribution in [0.2, 0.25) is 0 Å². The van der Waals surface area contributed by atoms with E-state index < -0.39 is 0 Å². The van der Waals surface area contributed by atoms with Gasteiger partial charge in [-0.05, 0) is 51.6 Å². The van der Waals surface area contributed by atoms with E-state index in [1.165, 1.54) is 0 Å². The van der Waals surface area contributed by atoms with Crippen molar-refractivity contribution in [1.29, 1.82) is 0 Å². The predicted octanol–water partition coefficient (Wildman–Crippen LogP) is 4.61. The molecule has 4 rings (SSSR count). The third kappa shape index (κ3) is 8.80. The summed E-state index contributed by atoms with van der Waals surface area (Å²) in [5, 5.41) is 0. The van der Waals surface area contributed by atoms with Crippen molar-refractivity contribution in [3.05, 3.63) is 106 Å². The van der Waals surface area contributed by atoms with Crippen LogP contribution in [0.3, 0.4) is 0 Å². The minimum absolute atomic E-state index is 0.636. The Morgan fingerprint density at radius 3 is 0.694 bits per heavy atom. The van der Waals surface area contributed by atoms with Crippen LogP contribution in [0.15, 0.2) is 103 Å². The van der Waals surface area contributed by atoms with E-state index in [9.17, 15) is 0 Å². The molecule has 0 fully saturated rings. The molecule has 3 aromatic carbocycles. The quantitative estimate of drug-likeness (QED) is 0.456. The number of fused-ring (bicyclic) bond motifs is 6. The van der Waals surface area contributed by atoms with Gasteiger partial charge in [-0.1, -0.05) is 54.6 Å². The topological polar surface area (TPSA) is 74.2 Å². The maximum atomic E-state index is 4.51. The van der Waals surface area contributed by atoms with E-state index in [2.05, 4.69) is 48.2 Å². The molecule has 0 spiro atoms. The Morgan fingerprint density at radius 2 is 0.500 bits per heavy atom. The van der Waals surface area contributed by atoms with Crippen molar-refractivity contribution in [2.24, 2.45) is 30.0 Å². The summed E-state index contributed by atoms with van der Waals surface area (Å²) >= 11 is 0. The van der Waals surface area contributed by atoms with Crippen molar-refractivity contribution in [1.82, 2.24) is 0 Å². The average molecular weight is 475 g/mol. The molecule has 0 saturated heterocycles. The number of hydrogen-bond acceptors (Lipinski definition) is 6. The van der Waals surface area contributed by atoms with Gasteiger partial charge in [0.25, 0.3) is 0 Å². The molecule has 1 aliphatic rings. The summed E-state index contributed by atoms with van der Waals surface area (Å²) < 4.78 is 0. The van der Waals surface area contributed by atoms with Crippen molar-refractivity contribution < 1.29 is 0 Å². The van der Waals surface area contributed by atoms with E-state index in [0.717, 1.165) is 33.4 Å². The highest BCUT2D eigenvalue weighted by molar-refractivity contribution is 5.88. The summed E-state index contributed by atoms with van der Waals surface area (Å²) in [5.41, 5.74) is 6.30. The molecule has 0 atom stereocenters. The fourth-order valence-corrected chi connectivity index (χ4v) is 3.52. The van der Waals surface area contributed by atoms with Crippen LogP contribution >= 0.6 is 0 Å². The number of benzene rings is 3. The van der Waals surface area contributed by atoms with Crippen molar-refractivity contribution in [2.75, 3.05) is 39.3 Å². The maximum absolute atomic E-state index is 4.51. The predicted molar refractivity (Wildman–Crippen MR) is 154 cm³/mol. The van der Waals surface area contributed by atoms with Gasteiger partial charge in [-0.25, -0.2) is 0 Å². The molecule has 180 valence electrons. The van der Waals surface area contributed by atoms with Crippen LogP contribution in [0, 0.1) is 0 Å². The summed E-state index contributed by atoms with van der Waals surface area (Å²) in [5.74, 6) is 0. The number of nitrogens with zero attached hydrogens (tertiary/aromatic N) is 6. The van der Waals surface area contributed by atoms with Crippen molar-refractivity contribution >= 4 is 37.3 Å². The lowest BCUT2D eigenvalue weighted by atomic mass is 10.1. The van der Waals surface area contributed by atoms with Gasteiger partial charge in [-0.3, -0.25) is 30.0 Å². The van der Waals surface area contributed by atoms with E-state index in [4.69, 9.17) is 0 Å². The first-order valence-electron chi connectivity index (χ1n) is 12.1. The van der Waals surface area contributed by atoms with Crippen molar-refractivity contribution in [2.45, 2.75) is 0 Å². The molecular weight excluding hydrogens is 444 g/mol. The van der Waals surface area contributed by atoms with Gasteiger partial charge in [0.2, 0.25) is 0 Å². The average Bonchev–Trinajstić information content (AvgIpc) is 2.90. The van der Waals surface area contributed by atoms with Gasteiger partial charge in [0.05, 0.1) is 39.3 Å². The van der Waals surface area contributed by atoms with E-state index in [0.29, 0.717) is 39.3 Å². The Balaban J connectivity index is 1.47. The molecule has 0 saturated carbocycles. The van der Waals surface area contributed by atoms with Gasteiger partial charge in [-0.2, -0.15) is 0 Å². The first-order valence-corrected chi connectivity index (χ1v) is 12.1. The largest absolute Gasteiger partial charge is 0.291 e. The molecule has 1 aliphatic heterocycles. The van der Waals surface area contributed by atoms with Crippen LogP contribution in [0.5, 0.6) is 0 Å². The highest BCUT2D eigenvalue weighted by Gasteiger charge is 1.94. The highest BCUT2D eigenvalue weighted by Crippen LogP contribution is 2.04. The molecule has 36 heavy (non-hydrogen) atoms. The van der Waals surface area contributed by atoms with E-state index >= 15 is 0 Å². The second-order valence-electron chi connectivity index (χ2n) is 8.22. The molecule has 0 aromatic heterocycles. The molecule has 0 amide bonds. The maximum Gasteiger partial charge on any atom is 0.0585 e. The minimum atomic E-state index is 0.636. The van der Waals surface area contributed by atoms with E-state index in [1.807, 2.05) is 91.9 Å². The molecule has 0 aliphatic carbocycles. The van der Waals surface area contributed by atoms with Crippen LogP contribution in [-0.2, 0) is 0 Å². The molecule has 0 unspecified atom stereocenters. The van der Waals surface area contributed by atoms with E-state index in [1.54, 1.807) is 0 Å². The lowest BCUT2D eigenvalue weighted by molar-refractivity contribution is 0.984. The van der Waals surface area contributed by atoms with Gasteiger partial charge in [0, 0.05) is 37.3 Å². The molecular formula is C30H30N6. The lowest BCUT2D eigenvalue weighted by Gasteiger charge is -1.97. The third-order valence-corrected chi connectivity index (χ3v) is 5.25. The fraction of sp³-hybridized carbons (Fsp3) is 0.200. The molecule has 0 N–H and O–H groups in total. The molecule has 1 heterocycles. The third-order valence-electron chi connectivity index (χ3n) is 5.25. The van der Waals surface area contributed by atoms with E-state index in [-0.39, 0.29) is 0 Å². The smallest absolute Gasteiger partial charge is 0.0585 e. The van der Waals surface area contributed by atoms with Gasteiger partial charge < -0.3 is 0 Å². The lowest BCUT2D eigenvalue weighted by Crippen LogP contribution is -1.93. The van der Waals surface area contributed by atoms with Gasteiger partial charge in [0.1, 0.15) is 0 Å². The summed E-state index contributed by atoms with van der Waals surface area (Å²) in [6.45, 7) is 3.82. The molecule has 0 radical (unpaired) electrons. The van der Waals surface area contributed by atoms with Crippen molar-refractivity contribution in [3.63, 3.8) is 0 Å². The summed E-state index contributed by atoms with van der Waals surface area (Å²) in [6, 6.07) is 24.5. The number of hydrogen-bond donors (Lipinski definition) is 0. The Morgan fingerprint density at radius 1 is 0.306 bits per heavy atom. The van der Waals surface area contributed by atoms with Crippen LogP contribution in [0.4, 0.5) is 0 Å². The van der Waals surface area contributed by atoms with Gasteiger partial charge >= 0.3 is 0 Å². The second-order valence-corrected chi connectivity index (χ2v) is 8.22. The molecule has 6 heteroatoms. The first-order chi connectivity index (χ1) is 17.8. The van der Waals surface area contributed by atoms with Crippen molar-refractivity contribution in [3.8, 4) is 0 Å². The summed E-state index contributed by atoms with van der Waals surface area (Å²) in [4.78, 5) is 27.0. The minimum Gasteiger partial charge on any atom is -0.291 e. The standard InChI is InChI=1S/C30H30N6/c1-4-25-16-26(5-1)20-32-11-13-34-22-28-7-3-9-30(18-28)24-36-15-14-35-23-29-8-2-6-27(17-29)21-33-12-10-31-19-25/h1-9,16-24H,10-15H2. The molecule has 6 bridgehead atoms. The fourth-order valence-electron chi connectivity index (χ4n) is 3.52. The molecule has 3 aromatic rings. The highest BCUT2D eigenvalue weighted by atomic mass is 14.8. The Hall–Kier alpha value is -4.32. The Bertz CT molecular complexity index is 1050. The summed E-state index contributed by atoms with van der Waals surface area (Å²) in [6.07, 6.45) is 11.3. The Labute approximate surface area is 212 Å². The van der Waals surface area contributed by atoms with Crippen LogP contribution in [-0.4, -0.2) is 76.6 Å². The van der Waals surface area contributed by atoms with Gasteiger partial charge in [-0.15, -0.1) is 0 Å². The van der Waals surface area contributed by atoms with Crippen LogP contribution in [0.25, 0.3) is 0 Å². The zero-order valence-electron chi connectivity index (χ0n) is 20.3. The Kier molecular flexibility index (Phi) is 9.76. The normalized spacial score (nSPS) is 15.0. The number of aliphatic imine (C=N–C) groups is 6. The van der Waals surface area contributed by atoms with Crippen LogP contribution in [0.1, 0.15) is 33.4 Å². The zero-order chi connectivity index (χ0) is 24.7. The number of rotatable bonds is 0. The monoisotopic (exact) mass is 474 g/mol. The molecule has 6 nitrogen and oxygen atoms in total. The SMILES string of the molecule is C1=NCCN=Cc2cccc(c2)C=NCCN=Cc2cccc(c2)C=NCCN=Cc2cccc1c2. The second kappa shape index (κ2) is 14.2. The summed E-state index contributed by atoms with van der Waals surface area (Å²) in [7, 11) is 0.